The highest BCUT2D eigenvalue weighted by Gasteiger charge is 2.02. The van der Waals surface area contributed by atoms with Crippen molar-refractivity contribution in [3.8, 4) is 0 Å². The Hall–Kier alpha value is -0.570. The SMILES string of the molecule is CCCCCCC(C)CONC(C)=O. The van der Waals surface area contributed by atoms with Crippen LogP contribution in [-0.2, 0) is 9.63 Å². The van der Waals surface area contributed by atoms with E-state index in [1.54, 1.807) is 0 Å². The molecular formula is C11H23NO2. The van der Waals surface area contributed by atoms with Crippen molar-refractivity contribution in [1.82, 2.24) is 5.48 Å². The third-order valence-electron chi connectivity index (χ3n) is 2.13. The molecule has 0 fully saturated rings. The van der Waals surface area contributed by atoms with E-state index in [-0.39, 0.29) is 5.91 Å². The third kappa shape index (κ3) is 9.52. The van der Waals surface area contributed by atoms with E-state index in [1.807, 2.05) is 0 Å². The summed E-state index contributed by atoms with van der Waals surface area (Å²) >= 11 is 0. The number of nitrogens with one attached hydrogen (secondary N) is 1. The van der Waals surface area contributed by atoms with Crippen molar-refractivity contribution in [3.63, 3.8) is 0 Å². The van der Waals surface area contributed by atoms with Gasteiger partial charge in [0.25, 0.3) is 0 Å². The molecule has 0 aromatic rings. The van der Waals surface area contributed by atoms with Crippen molar-refractivity contribution in [2.75, 3.05) is 6.61 Å². The number of unbranched alkanes of at least 4 members (excludes halogenated alkanes) is 3. The Kier molecular flexibility index (Phi) is 8.64. The average Bonchev–Trinajstić information content (AvgIpc) is 2.12. The highest BCUT2D eigenvalue weighted by molar-refractivity contribution is 5.71. The molecular weight excluding hydrogens is 178 g/mol. The van der Waals surface area contributed by atoms with Crippen LogP contribution in [0.3, 0.4) is 0 Å². The molecule has 0 rings (SSSR count). The van der Waals surface area contributed by atoms with Crippen LogP contribution in [0, 0.1) is 5.92 Å². The van der Waals surface area contributed by atoms with Gasteiger partial charge in [-0.25, -0.2) is 5.48 Å². The van der Waals surface area contributed by atoms with E-state index < -0.39 is 0 Å². The Balaban J connectivity index is 3.19. The number of carbonyl (C=O) groups excluding carboxylic acids is 1. The molecule has 1 atom stereocenters. The van der Waals surface area contributed by atoms with Gasteiger partial charge >= 0.3 is 0 Å². The van der Waals surface area contributed by atoms with Gasteiger partial charge in [0.1, 0.15) is 0 Å². The number of rotatable bonds is 8. The first-order chi connectivity index (χ1) is 6.66. The summed E-state index contributed by atoms with van der Waals surface area (Å²) in [6, 6.07) is 0. The van der Waals surface area contributed by atoms with Crippen LogP contribution in [0.2, 0.25) is 0 Å². The smallest absolute Gasteiger partial charge is 0.240 e. The molecule has 0 aliphatic carbocycles. The second kappa shape index (κ2) is 9.00. The van der Waals surface area contributed by atoms with Crippen molar-refractivity contribution in [3.05, 3.63) is 0 Å². The monoisotopic (exact) mass is 201 g/mol. The number of hydrogen-bond donors (Lipinski definition) is 1. The number of hydroxylamine groups is 1. The fourth-order valence-electron chi connectivity index (χ4n) is 1.29. The van der Waals surface area contributed by atoms with E-state index in [9.17, 15) is 4.79 Å². The van der Waals surface area contributed by atoms with E-state index >= 15 is 0 Å². The summed E-state index contributed by atoms with van der Waals surface area (Å²) in [6.07, 6.45) is 6.34. The summed E-state index contributed by atoms with van der Waals surface area (Å²) in [4.78, 5) is 15.5. The van der Waals surface area contributed by atoms with Gasteiger partial charge in [0.15, 0.2) is 0 Å². The Morgan fingerprint density at radius 1 is 1.36 bits per heavy atom. The Morgan fingerprint density at radius 3 is 2.64 bits per heavy atom. The van der Waals surface area contributed by atoms with Gasteiger partial charge in [0.2, 0.25) is 5.91 Å². The lowest BCUT2D eigenvalue weighted by Gasteiger charge is -2.10. The minimum absolute atomic E-state index is 0.136. The predicted octanol–water partition coefficient (Wildman–Crippen LogP) is 2.66. The van der Waals surface area contributed by atoms with E-state index in [1.165, 1.54) is 39.0 Å². The van der Waals surface area contributed by atoms with Gasteiger partial charge < -0.3 is 0 Å². The lowest BCUT2D eigenvalue weighted by atomic mass is 10.0. The van der Waals surface area contributed by atoms with Crippen molar-refractivity contribution in [2.45, 2.75) is 52.9 Å². The molecule has 0 saturated carbocycles. The summed E-state index contributed by atoms with van der Waals surface area (Å²) in [5.41, 5.74) is 2.34. The summed E-state index contributed by atoms with van der Waals surface area (Å²) in [7, 11) is 0. The van der Waals surface area contributed by atoms with Crippen molar-refractivity contribution >= 4 is 5.91 Å². The fourth-order valence-corrected chi connectivity index (χ4v) is 1.29. The number of carbonyl (C=O) groups is 1. The van der Waals surface area contributed by atoms with E-state index in [4.69, 9.17) is 4.84 Å². The van der Waals surface area contributed by atoms with Crippen LogP contribution >= 0.6 is 0 Å². The molecule has 0 radical (unpaired) electrons. The first-order valence-corrected chi connectivity index (χ1v) is 5.55. The first kappa shape index (κ1) is 13.4. The van der Waals surface area contributed by atoms with Gasteiger partial charge in [-0.2, -0.15) is 0 Å². The lowest BCUT2D eigenvalue weighted by molar-refractivity contribution is -0.132. The molecule has 1 amide bonds. The lowest BCUT2D eigenvalue weighted by Crippen LogP contribution is -2.23. The maximum atomic E-state index is 10.5. The Bertz CT molecular complexity index is 148. The van der Waals surface area contributed by atoms with Gasteiger partial charge in [-0.3, -0.25) is 9.63 Å². The highest BCUT2D eigenvalue weighted by atomic mass is 16.6. The Morgan fingerprint density at radius 2 is 2.07 bits per heavy atom. The maximum absolute atomic E-state index is 10.5. The van der Waals surface area contributed by atoms with Crippen LogP contribution in [0.5, 0.6) is 0 Å². The zero-order valence-corrected chi connectivity index (χ0v) is 9.64. The molecule has 0 bridgehead atoms. The highest BCUT2D eigenvalue weighted by Crippen LogP contribution is 2.10. The van der Waals surface area contributed by atoms with Crippen LogP contribution in [0.4, 0.5) is 0 Å². The molecule has 1 unspecified atom stereocenters. The summed E-state index contributed by atoms with van der Waals surface area (Å²) in [5, 5.41) is 0. The maximum Gasteiger partial charge on any atom is 0.240 e. The average molecular weight is 201 g/mol. The van der Waals surface area contributed by atoms with Crippen LogP contribution in [-0.4, -0.2) is 12.5 Å². The summed E-state index contributed by atoms with van der Waals surface area (Å²) < 4.78 is 0. The molecule has 0 aliphatic rings. The van der Waals surface area contributed by atoms with Crippen molar-refractivity contribution in [1.29, 1.82) is 0 Å². The molecule has 0 aromatic heterocycles. The third-order valence-corrected chi connectivity index (χ3v) is 2.13. The van der Waals surface area contributed by atoms with Gasteiger partial charge in [0, 0.05) is 6.92 Å². The Labute approximate surface area is 87.2 Å². The normalized spacial score (nSPS) is 12.5. The largest absolute Gasteiger partial charge is 0.273 e. The van der Waals surface area contributed by atoms with Gasteiger partial charge in [-0.05, 0) is 12.3 Å². The minimum atomic E-state index is -0.136. The summed E-state index contributed by atoms with van der Waals surface area (Å²) in [5.74, 6) is 0.391. The van der Waals surface area contributed by atoms with Crippen LogP contribution in [0.15, 0.2) is 0 Å². The van der Waals surface area contributed by atoms with Gasteiger partial charge in [0.05, 0.1) is 6.61 Å². The van der Waals surface area contributed by atoms with E-state index in [0.717, 1.165) is 0 Å². The quantitative estimate of drug-likeness (QED) is 0.484. The second-order valence-electron chi connectivity index (χ2n) is 3.92. The second-order valence-corrected chi connectivity index (χ2v) is 3.92. The minimum Gasteiger partial charge on any atom is -0.273 e. The van der Waals surface area contributed by atoms with E-state index in [0.29, 0.717) is 12.5 Å². The molecule has 0 aliphatic heterocycles. The molecule has 0 spiro atoms. The topological polar surface area (TPSA) is 38.3 Å². The molecule has 14 heavy (non-hydrogen) atoms. The molecule has 84 valence electrons. The molecule has 1 N–H and O–H groups in total. The van der Waals surface area contributed by atoms with Crippen molar-refractivity contribution in [2.24, 2.45) is 5.92 Å². The molecule has 3 heteroatoms. The standard InChI is InChI=1S/C11H23NO2/c1-4-5-6-7-8-10(2)9-14-12-11(3)13/h10H,4-9H2,1-3H3,(H,12,13). The van der Waals surface area contributed by atoms with Gasteiger partial charge in [-0.15, -0.1) is 0 Å². The zero-order valence-electron chi connectivity index (χ0n) is 9.64. The number of amides is 1. The van der Waals surface area contributed by atoms with Gasteiger partial charge in [-0.1, -0.05) is 39.5 Å². The first-order valence-electron chi connectivity index (χ1n) is 5.55. The predicted molar refractivity (Wildman–Crippen MR) is 57.7 cm³/mol. The summed E-state index contributed by atoms with van der Waals surface area (Å²) in [6.45, 7) is 6.43. The molecule has 0 heterocycles. The fraction of sp³-hybridized carbons (Fsp3) is 0.909. The zero-order chi connectivity index (χ0) is 10.8. The van der Waals surface area contributed by atoms with E-state index in [2.05, 4.69) is 19.3 Å². The molecule has 3 nitrogen and oxygen atoms in total. The van der Waals surface area contributed by atoms with Crippen LogP contribution < -0.4 is 5.48 Å². The van der Waals surface area contributed by atoms with Crippen molar-refractivity contribution < 1.29 is 9.63 Å². The van der Waals surface area contributed by atoms with Crippen LogP contribution in [0.1, 0.15) is 52.9 Å². The number of hydrogen-bond acceptors (Lipinski definition) is 2. The molecule has 0 aromatic carbocycles. The van der Waals surface area contributed by atoms with Crippen LogP contribution in [0.25, 0.3) is 0 Å². The molecule has 0 saturated heterocycles.